The van der Waals surface area contributed by atoms with Gasteiger partial charge in [-0.05, 0) is 36.4 Å². The van der Waals surface area contributed by atoms with Crippen LogP contribution in [0.1, 0.15) is 33.7 Å². The van der Waals surface area contributed by atoms with Gasteiger partial charge in [-0.15, -0.1) is 0 Å². The maximum atomic E-state index is 13.2. The van der Waals surface area contributed by atoms with Gasteiger partial charge in [0.1, 0.15) is 28.7 Å². The van der Waals surface area contributed by atoms with Crippen LogP contribution in [-0.4, -0.2) is 61.8 Å². The number of fused-ring (bicyclic) bond motifs is 2. The first-order valence-corrected chi connectivity index (χ1v) is 10.7. The van der Waals surface area contributed by atoms with E-state index in [1.807, 2.05) is 6.07 Å². The van der Waals surface area contributed by atoms with E-state index in [-0.39, 0.29) is 11.8 Å². The predicted octanol–water partition coefficient (Wildman–Crippen LogP) is 2.95. The van der Waals surface area contributed by atoms with Gasteiger partial charge in [-0.1, -0.05) is 0 Å². The largest absolute Gasteiger partial charge is 0.497 e. The Morgan fingerprint density at radius 2 is 1.73 bits per heavy atom. The van der Waals surface area contributed by atoms with Crippen LogP contribution >= 0.6 is 0 Å². The molecule has 3 aromatic rings. The van der Waals surface area contributed by atoms with Gasteiger partial charge in [0.15, 0.2) is 5.72 Å². The van der Waals surface area contributed by atoms with Gasteiger partial charge < -0.3 is 34.1 Å². The molecule has 2 aliphatic heterocycles. The van der Waals surface area contributed by atoms with Crippen LogP contribution in [0.15, 0.2) is 36.4 Å². The molecule has 0 atom stereocenters. The second-order valence-electron chi connectivity index (χ2n) is 8.15. The number of rotatable bonds is 4. The molecule has 2 aliphatic rings. The number of H-pyrrole nitrogens is 1. The lowest BCUT2D eigenvalue weighted by atomic mass is 9.96. The van der Waals surface area contributed by atoms with E-state index < -0.39 is 5.72 Å². The molecule has 2 N–H and O–H groups in total. The van der Waals surface area contributed by atoms with E-state index in [0.717, 1.165) is 5.39 Å². The standard InChI is InChI=1S/C24H25N3O6/c1-30-14-4-5-19-16(12-14)22(28)26-24(33-19)8-10-27(11-9-24)23(29)17-13-15-18(31-2)6-7-20(32-3)21(15)25-17/h4-7,12-13,25H,8-11H2,1-3H3,(H,26,28). The zero-order valence-corrected chi connectivity index (χ0v) is 18.7. The summed E-state index contributed by atoms with van der Waals surface area (Å²) < 4.78 is 22.3. The lowest BCUT2D eigenvalue weighted by Crippen LogP contribution is -2.61. The molecule has 9 heteroatoms. The van der Waals surface area contributed by atoms with Crippen molar-refractivity contribution in [2.75, 3.05) is 34.4 Å². The topological polar surface area (TPSA) is 102 Å². The van der Waals surface area contributed by atoms with Crippen molar-refractivity contribution in [1.82, 2.24) is 15.2 Å². The van der Waals surface area contributed by atoms with E-state index in [9.17, 15) is 9.59 Å². The van der Waals surface area contributed by atoms with Gasteiger partial charge in [-0.2, -0.15) is 0 Å². The normalized spacial score (nSPS) is 16.7. The highest BCUT2D eigenvalue weighted by molar-refractivity contribution is 6.02. The Labute approximate surface area is 190 Å². The van der Waals surface area contributed by atoms with Crippen molar-refractivity contribution in [1.29, 1.82) is 0 Å². The third-order valence-corrected chi connectivity index (χ3v) is 6.32. The first kappa shape index (κ1) is 21.0. The maximum absolute atomic E-state index is 13.2. The van der Waals surface area contributed by atoms with Crippen LogP contribution in [-0.2, 0) is 0 Å². The number of hydrogen-bond acceptors (Lipinski definition) is 6. The summed E-state index contributed by atoms with van der Waals surface area (Å²) in [6.45, 7) is 0.877. The Bertz CT molecular complexity index is 1200. The van der Waals surface area contributed by atoms with Crippen LogP contribution in [0.2, 0.25) is 0 Å². The molecular formula is C24H25N3O6. The smallest absolute Gasteiger partial charge is 0.270 e. The fourth-order valence-electron chi connectivity index (χ4n) is 4.51. The Morgan fingerprint density at radius 3 is 2.42 bits per heavy atom. The average molecular weight is 451 g/mol. The molecule has 2 amide bonds. The van der Waals surface area contributed by atoms with E-state index in [0.29, 0.717) is 65.7 Å². The minimum absolute atomic E-state index is 0.127. The van der Waals surface area contributed by atoms with Crippen LogP contribution in [0, 0.1) is 0 Å². The van der Waals surface area contributed by atoms with Crippen molar-refractivity contribution in [2.24, 2.45) is 0 Å². The minimum atomic E-state index is -0.831. The van der Waals surface area contributed by atoms with E-state index in [4.69, 9.17) is 18.9 Å². The fourth-order valence-corrected chi connectivity index (χ4v) is 4.51. The second-order valence-corrected chi connectivity index (χ2v) is 8.15. The lowest BCUT2D eigenvalue weighted by molar-refractivity contribution is -0.0247. The molecule has 0 unspecified atom stereocenters. The summed E-state index contributed by atoms with van der Waals surface area (Å²) in [6, 6.07) is 10.6. The summed E-state index contributed by atoms with van der Waals surface area (Å²) in [5.41, 5.74) is 0.778. The summed E-state index contributed by atoms with van der Waals surface area (Å²) in [5.74, 6) is 2.08. The van der Waals surface area contributed by atoms with Crippen molar-refractivity contribution >= 4 is 22.7 Å². The predicted molar refractivity (Wildman–Crippen MR) is 120 cm³/mol. The number of carbonyl (C=O) groups excluding carboxylic acids is 2. The van der Waals surface area contributed by atoms with Gasteiger partial charge in [-0.25, -0.2) is 0 Å². The fraction of sp³-hybridized carbons (Fsp3) is 0.333. The van der Waals surface area contributed by atoms with Gasteiger partial charge in [0, 0.05) is 31.3 Å². The summed E-state index contributed by atoms with van der Waals surface area (Å²) in [4.78, 5) is 30.9. The van der Waals surface area contributed by atoms with Crippen LogP contribution in [0.5, 0.6) is 23.0 Å². The molecule has 0 aliphatic carbocycles. The molecule has 0 saturated carbocycles. The summed E-state index contributed by atoms with van der Waals surface area (Å²) in [5, 5.41) is 3.78. The molecule has 0 radical (unpaired) electrons. The number of aromatic amines is 1. The molecule has 33 heavy (non-hydrogen) atoms. The van der Waals surface area contributed by atoms with Crippen molar-refractivity contribution in [3.8, 4) is 23.0 Å². The SMILES string of the molecule is COc1ccc2c(c1)C(=O)NC1(CCN(C(=O)c3cc4c(OC)ccc(OC)c4[nH]3)CC1)O2. The van der Waals surface area contributed by atoms with Gasteiger partial charge in [-0.3, -0.25) is 9.59 Å². The number of hydrogen-bond donors (Lipinski definition) is 2. The summed E-state index contributed by atoms with van der Waals surface area (Å²) in [6.07, 6.45) is 0.950. The van der Waals surface area contributed by atoms with Crippen molar-refractivity contribution in [2.45, 2.75) is 18.6 Å². The Hall–Kier alpha value is -3.88. The number of methoxy groups -OCH3 is 3. The van der Waals surface area contributed by atoms with Crippen molar-refractivity contribution in [3.05, 3.63) is 47.7 Å². The summed E-state index contributed by atoms with van der Waals surface area (Å²) in [7, 11) is 4.73. The molecule has 172 valence electrons. The van der Waals surface area contributed by atoms with E-state index in [1.54, 1.807) is 56.6 Å². The van der Waals surface area contributed by atoms with Crippen molar-refractivity contribution < 1.29 is 28.5 Å². The number of carbonyl (C=O) groups is 2. The zero-order chi connectivity index (χ0) is 23.2. The maximum Gasteiger partial charge on any atom is 0.270 e. The number of piperidine rings is 1. The highest BCUT2D eigenvalue weighted by Crippen LogP contribution is 2.37. The molecule has 1 fully saturated rings. The molecule has 3 heterocycles. The highest BCUT2D eigenvalue weighted by atomic mass is 16.5. The first-order valence-electron chi connectivity index (χ1n) is 10.7. The number of nitrogens with one attached hydrogen (secondary N) is 2. The third-order valence-electron chi connectivity index (χ3n) is 6.32. The molecule has 1 aromatic heterocycles. The third kappa shape index (κ3) is 3.49. The number of nitrogens with zero attached hydrogens (tertiary/aromatic N) is 1. The molecular weight excluding hydrogens is 426 g/mol. The van der Waals surface area contributed by atoms with Crippen LogP contribution in [0.4, 0.5) is 0 Å². The van der Waals surface area contributed by atoms with Gasteiger partial charge in [0.25, 0.3) is 11.8 Å². The molecule has 5 rings (SSSR count). The molecule has 0 bridgehead atoms. The number of likely N-dealkylation sites (tertiary alicyclic amines) is 1. The number of amides is 2. The molecule has 1 spiro atoms. The number of ether oxygens (including phenoxy) is 4. The molecule has 1 saturated heterocycles. The first-order chi connectivity index (χ1) is 16.0. The highest BCUT2D eigenvalue weighted by Gasteiger charge is 2.43. The Balaban J connectivity index is 1.34. The zero-order valence-electron chi connectivity index (χ0n) is 18.7. The van der Waals surface area contributed by atoms with Crippen LogP contribution < -0.4 is 24.3 Å². The Morgan fingerprint density at radius 1 is 1.00 bits per heavy atom. The summed E-state index contributed by atoms with van der Waals surface area (Å²) >= 11 is 0. The minimum Gasteiger partial charge on any atom is -0.497 e. The quantitative estimate of drug-likeness (QED) is 0.632. The van der Waals surface area contributed by atoms with Gasteiger partial charge >= 0.3 is 0 Å². The lowest BCUT2D eigenvalue weighted by Gasteiger charge is -2.44. The second kappa shape index (κ2) is 7.91. The van der Waals surface area contributed by atoms with E-state index in [2.05, 4.69) is 10.3 Å². The van der Waals surface area contributed by atoms with Gasteiger partial charge in [0.2, 0.25) is 0 Å². The van der Waals surface area contributed by atoms with Gasteiger partial charge in [0.05, 0.1) is 32.4 Å². The average Bonchev–Trinajstić information content (AvgIpc) is 3.29. The van der Waals surface area contributed by atoms with Crippen LogP contribution in [0.3, 0.4) is 0 Å². The number of benzene rings is 2. The Kier molecular flexibility index (Phi) is 5.03. The van der Waals surface area contributed by atoms with E-state index in [1.165, 1.54) is 0 Å². The monoisotopic (exact) mass is 451 g/mol. The molecule has 9 nitrogen and oxygen atoms in total. The number of aromatic nitrogens is 1. The van der Waals surface area contributed by atoms with Crippen molar-refractivity contribution in [3.63, 3.8) is 0 Å². The van der Waals surface area contributed by atoms with E-state index >= 15 is 0 Å². The molecule has 2 aromatic carbocycles. The van der Waals surface area contributed by atoms with Crippen LogP contribution in [0.25, 0.3) is 10.9 Å².